The smallest absolute Gasteiger partial charge is 0.110 e. The van der Waals surface area contributed by atoms with Crippen LogP contribution in [0.2, 0.25) is 0 Å². The summed E-state index contributed by atoms with van der Waals surface area (Å²) in [6.45, 7) is 6.98. The van der Waals surface area contributed by atoms with E-state index >= 15 is 0 Å². The second-order valence-electron chi connectivity index (χ2n) is 6.47. The van der Waals surface area contributed by atoms with Crippen LogP contribution >= 0.6 is 0 Å². The first-order valence-electron chi connectivity index (χ1n) is 7.18. The minimum atomic E-state index is 0.209. The van der Waals surface area contributed by atoms with Gasteiger partial charge in [-0.2, -0.15) is 0 Å². The van der Waals surface area contributed by atoms with Gasteiger partial charge in [-0.25, -0.2) is 0 Å². The number of aryl methyl sites for hydroxylation is 1. The molecule has 0 radical (unpaired) electrons. The van der Waals surface area contributed by atoms with Crippen LogP contribution in [0.1, 0.15) is 56.1 Å². The van der Waals surface area contributed by atoms with Crippen LogP contribution in [-0.2, 0) is 11.2 Å². The first-order valence-corrected chi connectivity index (χ1v) is 7.18. The van der Waals surface area contributed by atoms with Gasteiger partial charge in [0.2, 0.25) is 0 Å². The quantitative estimate of drug-likeness (QED) is 0.740. The van der Waals surface area contributed by atoms with E-state index in [-0.39, 0.29) is 11.5 Å². The van der Waals surface area contributed by atoms with Crippen LogP contribution in [-0.4, -0.2) is 7.11 Å². The lowest BCUT2D eigenvalue weighted by atomic mass is 9.54. The Balaban J connectivity index is 2.12. The zero-order valence-corrected chi connectivity index (χ0v) is 12.0. The van der Waals surface area contributed by atoms with Crippen LogP contribution < -0.4 is 0 Å². The summed E-state index contributed by atoms with van der Waals surface area (Å²) in [5, 5.41) is 0. The molecule has 1 aromatic heterocycles. The van der Waals surface area contributed by atoms with E-state index in [9.17, 15) is 0 Å². The predicted molar refractivity (Wildman–Crippen MR) is 71.5 cm³/mol. The molecule has 2 aliphatic rings. The zero-order valence-electron chi connectivity index (χ0n) is 12.0. The standard InChI is InChI=1S/C16H24O2/c1-10-9-18-13-8-12-7-5-6-11(2)16(12,3)15(17-4)14(10)13/h9,11-12,15H,5-8H2,1-4H3. The number of hydrogen-bond donors (Lipinski definition) is 0. The molecule has 0 aliphatic heterocycles. The summed E-state index contributed by atoms with van der Waals surface area (Å²) in [6.07, 6.45) is 7.22. The summed E-state index contributed by atoms with van der Waals surface area (Å²) in [5.74, 6) is 2.61. The maximum absolute atomic E-state index is 5.94. The van der Waals surface area contributed by atoms with Gasteiger partial charge in [0.25, 0.3) is 0 Å². The molecule has 4 unspecified atom stereocenters. The van der Waals surface area contributed by atoms with Crippen molar-refractivity contribution in [3.05, 3.63) is 23.2 Å². The number of methoxy groups -OCH3 is 1. The lowest BCUT2D eigenvalue weighted by Crippen LogP contribution is -2.47. The molecular formula is C16H24O2. The fourth-order valence-corrected chi connectivity index (χ4v) is 4.41. The highest BCUT2D eigenvalue weighted by molar-refractivity contribution is 5.35. The minimum Gasteiger partial charge on any atom is -0.469 e. The molecule has 0 amide bonds. The van der Waals surface area contributed by atoms with Gasteiger partial charge in [0.1, 0.15) is 5.76 Å². The zero-order chi connectivity index (χ0) is 12.9. The van der Waals surface area contributed by atoms with Crippen molar-refractivity contribution in [2.45, 2.75) is 52.6 Å². The van der Waals surface area contributed by atoms with Crippen molar-refractivity contribution >= 4 is 0 Å². The third-order valence-electron chi connectivity index (χ3n) is 5.73. The second kappa shape index (κ2) is 4.12. The highest BCUT2D eigenvalue weighted by atomic mass is 16.5. The van der Waals surface area contributed by atoms with E-state index in [4.69, 9.17) is 9.15 Å². The monoisotopic (exact) mass is 248 g/mol. The molecule has 0 N–H and O–H groups in total. The van der Waals surface area contributed by atoms with Gasteiger partial charge in [0.05, 0.1) is 12.4 Å². The summed E-state index contributed by atoms with van der Waals surface area (Å²) in [5.41, 5.74) is 2.87. The molecule has 0 bridgehead atoms. The second-order valence-corrected chi connectivity index (χ2v) is 6.47. The van der Waals surface area contributed by atoms with Gasteiger partial charge < -0.3 is 9.15 Å². The molecule has 2 nitrogen and oxygen atoms in total. The Kier molecular flexibility index (Phi) is 2.81. The Labute approximate surface area is 110 Å². The van der Waals surface area contributed by atoms with Crippen LogP contribution in [0.25, 0.3) is 0 Å². The lowest BCUT2D eigenvalue weighted by Gasteiger charge is -2.53. The molecule has 0 saturated heterocycles. The molecule has 2 aliphatic carbocycles. The van der Waals surface area contributed by atoms with Gasteiger partial charge in [0.15, 0.2) is 0 Å². The van der Waals surface area contributed by atoms with Gasteiger partial charge in [0, 0.05) is 24.5 Å². The van der Waals surface area contributed by atoms with Gasteiger partial charge >= 0.3 is 0 Å². The third-order valence-corrected chi connectivity index (χ3v) is 5.73. The Hall–Kier alpha value is -0.760. The minimum absolute atomic E-state index is 0.209. The third kappa shape index (κ3) is 1.45. The summed E-state index contributed by atoms with van der Waals surface area (Å²) in [7, 11) is 1.86. The summed E-state index contributed by atoms with van der Waals surface area (Å²) >= 11 is 0. The molecule has 0 aromatic carbocycles. The number of ether oxygens (including phenoxy) is 1. The highest BCUT2D eigenvalue weighted by Crippen LogP contribution is 2.59. The van der Waals surface area contributed by atoms with Crippen molar-refractivity contribution in [2.75, 3.05) is 7.11 Å². The van der Waals surface area contributed by atoms with Crippen LogP contribution in [0.4, 0.5) is 0 Å². The average Bonchev–Trinajstić information content (AvgIpc) is 2.70. The number of hydrogen-bond acceptors (Lipinski definition) is 2. The van der Waals surface area contributed by atoms with E-state index < -0.39 is 0 Å². The van der Waals surface area contributed by atoms with Crippen molar-refractivity contribution in [3.8, 4) is 0 Å². The molecule has 1 fully saturated rings. The summed E-state index contributed by atoms with van der Waals surface area (Å²) < 4.78 is 11.7. The van der Waals surface area contributed by atoms with Crippen molar-refractivity contribution in [1.29, 1.82) is 0 Å². The number of rotatable bonds is 1. The molecule has 100 valence electrons. The topological polar surface area (TPSA) is 22.4 Å². The Bertz CT molecular complexity index is 448. The summed E-state index contributed by atoms with van der Waals surface area (Å²) in [4.78, 5) is 0. The number of furan rings is 1. The van der Waals surface area contributed by atoms with Gasteiger partial charge in [-0.3, -0.25) is 0 Å². The van der Waals surface area contributed by atoms with Crippen LogP contribution in [0.3, 0.4) is 0 Å². The van der Waals surface area contributed by atoms with E-state index in [1.165, 1.54) is 36.1 Å². The molecule has 3 rings (SSSR count). The first-order chi connectivity index (χ1) is 8.59. The largest absolute Gasteiger partial charge is 0.469 e. The maximum atomic E-state index is 5.94. The summed E-state index contributed by atoms with van der Waals surface area (Å²) in [6, 6.07) is 0. The predicted octanol–water partition coefficient (Wildman–Crippen LogP) is 4.27. The lowest BCUT2D eigenvalue weighted by molar-refractivity contribution is -0.104. The molecule has 0 spiro atoms. The molecule has 18 heavy (non-hydrogen) atoms. The highest BCUT2D eigenvalue weighted by Gasteiger charge is 2.52. The Morgan fingerprint density at radius 3 is 2.89 bits per heavy atom. The SMILES string of the molecule is COC1c2c(C)coc2CC2CCCC(C)C21C. The molecular weight excluding hydrogens is 224 g/mol. The molecule has 1 saturated carbocycles. The van der Waals surface area contributed by atoms with E-state index in [2.05, 4.69) is 20.8 Å². The normalized spacial score (nSPS) is 39.2. The van der Waals surface area contributed by atoms with Crippen molar-refractivity contribution in [2.24, 2.45) is 17.3 Å². The van der Waals surface area contributed by atoms with Gasteiger partial charge in [-0.1, -0.05) is 26.7 Å². The molecule has 2 heteroatoms. The van der Waals surface area contributed by atoms with E-state index in [1.807, 2.05) is 13.4 Å². The van der Waals surface area contributed by atoms with Crippen molar-refractivity contribution in [1.82, 2.24) is 0 Å². The fourth-order valence-electron chi connectivity index (χ4n) is 4.41. The van der Waals surface area contributed by atoms with Crippen LogP contribution in [0.15, 0.2) is 10.7 Å². The van der Waals surface area contributed by atoms with Gasteiger partial charge in [-0.05, 0) is 30.7 Å². The Morgan fingerprint density at radius 2 is 2.17 bits per heavy atom. The van der Waals surface area contributed by atoms with E-state index in [1.54, 1.807) is 0 Å². The van der Waals surface area contributed by atoms with Crippen molar-refractivity contribution in [3.63, 3.8) is 0 Å². The maximum Gasteiger partial charge on any atom is 0.110 e. The van der Waals surface area contributed by atoms with Crippen LogP contribution in [0, 0.1) is 24.2 Å². The average molecular weight is 248 g/mol. The fraction of sp³-hybridized carbons (Fsp3) is 0.750. The number of fused-ring (bicyclic) bond motifs is 2. The molecule has 4 atom stereocenters. The van der Waals surface area contributed by atoms with E-state index in [0.717, 1.165) is 12.3 Å². The van der Waals surface area contributed by atoms with Crippen LogP contribution in [0.5, 0.6) is 0 Å². The molecule has 1 heterocycles. The Morgan fingerprint density at radius 1 is 1.39 bits per heavy atom. The first kappa shape index (κ1) is 12.3. The van der Waals surface area contributed by atoms with Crippen molar-refractivity contribution < 1.29 is 9.15 Å². The van der Waals surface area contributed by atoms with Gasteiger partial charge in [-0.15, -0.1) is 0 Å². The van der Waals surface area contributed by atoms with E-state index in [0.29, 0.717) is 5.92 Å². The molecule has 1 aromatic rings.